The SMILES string of the molecule is CC(C)CN1CC[C@H](N2CCN(c3cccc(C(F)(F)F)c3)CC2)[C@H](CCC(=O)N2CCOCC2)C1. The predicted octanol–water partition coefficient (Wildman–Crippen LogP) is 3.81. The predicted molar refractivity (Wildman–Crippen MR) is 135 cm³/mol. The molecule has 4 rings (SSSR count). The number of likely N-dealkylation sites (tertiary alicyclic amines) is 1. The van der Waals surface area contributed by atoms with Crippen molar-refractivity contribution in [2.45, 2.75) is 45.3 Å². The van der Waals surface area contributed by atoms with E-state index in [9.17, 15) is 18.0 Å². The van der Waals surface area contributed by atoms with Gasteiger partial charge in [-0.1, -0.05) is 19.9 Å². The lowest BCUT2D eigenvalue weighted by molar-refractivity contribution is -0.137. The minimum atomic E-state index is -4.33. The van der Waals surface area contributed by atoms with Crippen LogP contribution in [0.3, 0.4) is 0 Å². The summed E-state index contributed by atoms with van der Waals surface area (Å²) in [5, 5.41) is 0. The first-order chi connectivity index (χ1) is 17.2. The maximum Gasteiger partial charge on any atom is 0.416 e. The lowest BCUT2D eigenvalue weighted by Gasteiger charge is -2.47. The van der Waals surface area contributed by atoms with Crippen LogP contribution in [-0.2, 0) is 15.7 Å². The summed E-state index contributed by atoms with van der Waals surface area (Å²) in [4.78, 5) is 21.9. The molecule has 0 unspecified atom stereocenters. The molecule has 0 aromatic heterocycles. The number of alkyl halides is 3. The van der Waals surface area contributed by atoms with Crippen LogP contribution in [0.5, 0.6) is 0 Å². The van der Waals surface area contributed by atoms with Crippen molar-refractivity contribution in [2.24, 2.45) is 11.8 Å². The summed E-state index contributed by atoms with van der Waals surface area (Å²) in [5.74, 6) is 1.25. The van der Waals surface area contributed by atoms with Crippen molar-refractivity contribution >= 4 is 11.6 Å². The fourth-order valence-electron chi connectivity index (χ4n) is 6.01. The van der Waals surface area contributed by atoms with Crippen LogP contribution in [-0.4, -0.2) is 98.8 Å². The number of hydrogen-bond acceptors (Lipinski definition) is 5. The van der Waals surface area contributed by atoms with Gasteiger partial charge in [0.1, 0.15) is 0 Å². The Labute approximate surface area is 213 Å². The van der Waals surface area contributed by atoms with Crippen LogP contribution < -0.4 is 4.90 Å². The molecule has 3 fully saturated rings. The molecule has 0 bridgehead atoms. The lowest BCUT2D eigenvalue weighted by atomic mass is 9.86. The second-order valence-electron chi connectivity index (χ2n) is 10.9. The van der Waals surface area contributed by atoms with E-state index in [2.05, 4.69) is 28.5 Å². The molecule has 6 nitrogen and oxygen atoms in total. The number of piperidine rings is 1. The maximum absolute atomic E-state index is 13.2. The molecule has 36 heavy (non-hydrogen) atoms. The molecule has 3 saturated heterocycles. The van der Waals surface area contributed by atoms with Crippen molar-refractivity contribution in [3.05, 3.63) is 29.8 Å². The van der Waals surface area contributed by atoms with Crippen molar-refractivity contribution in [1.82, 2.24) is 14.7 Å². The maximum atomic E-state index is 13.2. The van der Waals surface area contributed by atoms with Gasteiger partial charge in [-0.25, -0.2) is 0 Å². The molecule has 0 radical (unpaired) electrons. The molecule has 1 aromatic carbocycles. The normalized spacial score (nSPS) is 24.9. The number of piperazine rings is 1. The van der Waals surface area contributed by atoms with E-state index in [-0.39, 0.29) is 5.91 Å². The van der Waals surface area contributed by atoms with Gasteiger partial charge in [-0.15, -0.1) is 0 Å². The van der Waals surface area contributed by atoms with Gasteiger partial charge in [0.25, 0.3) is 0 Å². The number of carbonyl (C=O) groups excluding carboxylic acids is 1. The Morgan fingerprint density at radius 1 is 1.06 bits per heavy atom. The quantitative estimate of drug-likeness (QED) is 0.558. The number of rotatable bonds is 7. The van der Waals surface area contributed by atoms with Crippen molar-refractivity contribution in [2.75, 3.05) is 77.0 Å². The van der Waals surface area contributed by atoms with E-state index in [0.29, 0.717) is 69.4 Å². The first-order valence-electron chi connectivity index (χ1n) is 13.4. The minimum absolute atomic E-state index is 0.229. The van der Waals surface area contributed by atoms with Gasteiger partial charge in [0.15, 0.2) is 0 Å². The van der Waals surface area contributed by atoms with Crippen molar-refractivity contribution in [1.29, 1.82) is 0 Å². The fourth-order valence-corrected chi connectivity index (χ4v) is 6.01. The largest absolute Gasteiger partial charge is 0.416 e. The molecular formula is C27H41F3N4O2. The second kappa shape index (κ2) is 12.1. The van der Waals surface area contributed by atoms with Gasteiger partial charge in [0.2, 0.25) is 5.91 Å². The van der Waals surface area contributed by atoms with Gasteiger partial charge < -0.3 is 19.4 Å². The first kappa shape index (κ1) is 27.2. The van der Waals surface area contributed by atoms with E-state index in [0.717, 1.165) is 51.6 Å². The van der Waals surface area contributed by atoms with Gasteiger partial charge in [0, 0.05) is 70.5 Å². The molecule has 1 aromatic rings. The summed E-state index contributed by atoms with van der Waals surface area (Å²) in [6.45, 7) is 13.3. The van der Waals surface area contributed by atoms with Gasteiger partial charge in [-0.3, -0.25) is 9.69 Å². The van der Waals surface area contributed by atoms with Gasteiger partial charge in [-0.05, 0) is 49.4 Å². The molecule has 0 aliphatic carbocycles. The van der Waals surface area contributed by atoms with Crippen LogP contribution >= 0.6 is 0 Å². The molecule has 9 heteroatoms. The summed E-state index contributed by atoms with van der Waals surface area (Å²) >= 11 is 0. The zero-order chi connectivity index (χ0) is 25.7. The van der Waals surface area contributed by atoms with E-state index >= 15 is 0 Å². The highest BCUT2D eigenvalue weighted by molar-refractivity contribution is 5.76. The van der Waals surface area contributed by atoms with E-state index in [1.807, 2.05) is 4.90 Å². The van der Waals surface area contributed by atoms with Crippen LogP contribution in [0.15, 0.2) is 24.3 Å². The Balaban J connectivity index is 1.36. The summed E-state index contributed by atoms with van der Waals surface area (Å²) < 4.78 is 44.9. The number of carbonyl (C=O) groups is 1. The van der Waals surface area contributed by atoms with Gasteiger partial charge >= 0.3 is 6.18 Å². The molecular weight excluding hydrogens is 469 g/mol. The number of morpholine rings is 1. The molecule has 3 aliphatic rings. The molecule has 3 heterocycles. The highest BCUT2D eigenvalue weighted by atomic mass is 19.4. The average Bonchev–Trinajstić information content (AvgIpc) is 2.87. The Morgan fingerprint density at radius 2 is 1.78 bits per heavy atom. The smallest absolute Gasteiger partial charge is 0.378 e. The third kappa shape index (κ3) is 7.13. The number of ether oxygens (including phenoxy) is 1. The highest BCUT2D eigenvalue weighted by Gasteiger charge is 2.36. The Morgan fingerprint density at radius 3 is 2.44 bits per heavy atom. The molecule has 2 atom stereocenters. The second-order valence-corrected chi connectivity index (χ2v) is 10.9. The van der Waals surface area contributed by atoms with Gasteiger partial charge in [0.05, 0.1) is 18.8 Å². The number of amides is 1. The van der Waals surface area contributed by atoms with E-state index in [1.54, 1.807) is 6.07 Å². The van der Waals surface area contributed by atoms with Gasteiger partial charge in [-0.2, -0.15) is 13.2 Å². The lowest BCUT2D eigenvalue weighted by Crippen LogP contribution is -2.57. The molecule has 3 aliphatic heterocycles. The minimum Gasteiger partial charge on any atom is -0.378 e. The third-order valence-corrected chi connectivity index (χ3v) is 7.82. The number of benzene rings is 1. The highest BCUT2D eigenvalue weighted by Crippen LogP contribution is 2.33. The van der Waals surface area contributed by atoms with E-state index in [4.69, 9.17) is 4.74 Å². The van der Waals surface area contributed by atoms with Crippen LogP contribution in [0.4, 0.5) is 18.9 Å². The fraction of sp³-hybridized carbons (Fsp3) is 0.741. The van der Waals surface area contributed by atoms with Crippen LogP contribution in [0, 0.1) is 11.8 Å². The van der Waals surface area contributed by atoms with Crippen LogP contribution in [0.1, 0.15) is 38.7 Å². The Kier molecular flexibility index (Phi) is 9.17. The Hall–Kier alpha value is -1.84. The zero-order valence-electron chi connectivity index (χ0n) is 21.7. The zero-order valence-corrected chi connectivity index (χ0v) is 21.7. The number of hydrogen-bond donors (Lipinski definition) is 0. The summed E-state index contributed by atoms with van der Waals surface area (Å²) in [6.07, 6.45) is -1.80. The van der Waals surface area contributed by atoms with Crippen molar-refractivity contribution in [3.8, 4) is 0 Å². The van der Waals surface area contributed by atoms with Crippen LogP contribution in [0.25, 0.3) is 0 Å². The van der Waals surface area contributed by atoms with E-state index < -0.39 is 11.7 Å². The standard InChI is InChI=1S/C27H41F3N4O2/c1-21(2)19-31-9-8-25(22(20-31)6-7-26(35)34-14-16-36-17-15-34)33-12-10-32(11-13-33)24-5-3-4-23(18-24)27(28,29)30/h3-5,18,21-22,25H,6-17,19-20H2,1-2H3/t22-,25+/m1/s1. The van der Waals surface area contributed by atoms with E-state index in [1.165, 1.54) is 12.1 Å². The molecule has 0 N–H and O–H groups in total. The third-order valence-electron chi connectivity index (χ3n) is 7.82. The Bertz CT molecular complexity index is 852. The topological polar surface area (TPSA) is 39.3 Å². The average molecular weight is 511 g/mol. The van der Waals surface area contributed by atoms with Crippen LogP contribution in [0.2, 0.25) is 0 Å². The summed E-state index contributed by atoms with van der Waals surface area (Å²) in [7, 11) is 0. The monoisotopic (exact) mass is 510 g/mol. The number of anilines is 1. The van der Waals surface area contributed by atoms with Crippen molar-refractivity contribution < 1.29 is 22.7 Å². The number of halogens is 3. The molecule has 1 amide bonds. The molecule has 0 saturated carbocycles. The molecule has 202 valence electrons. The number of nitrogens with zero attached hydrogens (tertiary/aromatic N) is 4. The first-order valence-corrected chi connectivity index (χ1v) is 13.4. The molecule has 0 spiro atoms. The van der Waals surface area contributed by atoms with Crippen molar-refractivity contribution in [3.63, 3.8) is 0 Å². The summed E-state index contributed by atoms with van der Waals surface area (Å²) in [6, 6.07) is 6.08. The summed E-state index contributed by atoms with van der Waals surface area (Å²) in [5.41, 5.74) is 0.0499.